The Morgan fingerprint density at radius 3 is 2.56 bits per heavy atom. The first-order valence-electron chi connectivity index (χ1n) is 5.51. The Hall–Kier alpha value is -1.55. The molecule has 0 bridgehead atoms. The summed E-state index contributed by atoms with van der Waals surface area (Å²) in [5.74, 6) is 0.570. The minimum absolute atomic E-state index is 0.221. The second-order valence-corrected chi connectivity index (χ2v) is 4.68. The average molecular weight is 310 g/mol. The van der Waals surface area contributed by atoms with Crippen molar-refractivity contribution in [2.24, 2.45) is 0 Å². The van der Waals surface area contributed by atoms with Crippen LogP contribution in [0, 0.1) is 5.82 Å². The molecular formula is C14H13BrFNO. The Morgan fingerprint density at radius 2 is 1.89 bits per heavy atom. The molecule has 2 rings (SSSR count). The summed E-state index contributed by atoms with van der Waals surface area (Å²) in [6.45, 7) is 0.631. The first-order valence-corrected chi connectivity index (χ1v) is 6.30. The molecule has 18 heavy (non-hydrogen) atoms. The number of methoxy groups -OCH3 is 1. The Labute approximate surface area is 114 Å². The topological polar surface area (TPSA) is 21.3 Å². The highest BCUT2D eigenvalue weighted by Crippen LogP contribution is 2.27. The highest BCUT2D eigenvalue weighted by molar-refractivity contribution is 9.10. The Kier molecular flexibility index (Phi) is 4.20. The van der Waals surface area contributed by atoms with Crippen molar-refractivity contribution in [1.82, 2.24) is 0 Å². The molecule has 0 atom stereocenters. The van der Waals surface area contributed by atoms with E-state index in [0.29, 0.717) is 6.54 Å². The smallest absolute Gasteiger partial charge is 0.123 e. The molecular weight excluding hydrogens is 297 g/mol. The first kappa shape index (κ1) is 12.9. The SMILES string of the molecule is COc1ccc(Br)c(NCc2ccc(F)cc2)c1. The standard InChI is InChI=1S/C14H13BrFNO/c1-18-12-6-7-13(15)14(8-12)17-9-10-2-4-11(16)5-3-10/h2-8,17H,9H2,1H3. The van der Waals surface area contributed by atoms with Crippen LogP contribution in [0.5, 0.6) is 5.75 Å². The maximum absolute atomic E-state index is 12.8. The minimum Gasteiger partial charge on any atom is -0.497 e. The number of ether oxygens (including phenoxy) is 1. The van der Waals surface area contributed by atoms with E-state index in [9.17, 15) is 4.39 Å². The maximum atomic E-state index is 12.8. The molecule has 0 spiro atoms. The van der Waals surface area contributed by atoms with Crippen molar-refractivity contribution >= 4 is 21.6 Å². The highest BCUT2D eigenvalue weighted by atomic mass is 79.9. The van der Waals surface area contributed by atoms with Crippen LogP contribution in [0.1, 0.15) is 5.56 Å². The zero-order valence-corrected chi connectivity index (χ0v) is 11.5. The summed E-state index contributed by atoms with van der Waals surface area (Å²) in [7, 11) is 1.63. The predicted octanol–water partition coefficient (Wildman–Crippen LogP) is 4.21. The number of benzene rings is 2. The zero-order chi connectivity index (χ0) is 13.0. The number of hydrogen-bond acceptors (Lipinski definition) is 2. The lowest BCUT2D eigenvalue weighted by Crippen LogP contribution is -2.00. The largest absolute Gasteiger partial charge is 0.497 e. The molecule has 0 saturated carbocycles. The van der Waals surface area contributed by atoms with E-state index >= 15 is 0 Å². The van der Waals surface area contributed by atoms with Crippen molar-refractivity contribution in [3.05, 3.63) is 58.3 Å². The fourth-order valence-corrected chi connectivity index (χ4v) is 1.95. The Bertz CT molecular complexity index is 528. The van der Waals surface area contributed by atoms with Crippen LogP contribution in [0.3, 0.4) is 0 Å². The van der Waals surface area contributed by atoms with Crippen LogP contribution in [0.25, 0.3) is 0 Å². The maximum Gasteiger partial charge on any atom is 0.123 e. The highest BCUT2D eigenvalue weighted by Gasteiger charge is 2.02. The quantitative estimate of drug-likeness (QED) is 0.913. The van der Waals surface area contributed by atoms with E-state index in [0.717, 1.165) is 21.5 Å². The second kappa shape index (κ2) is 5.87. The van der Waals surface area contributed by atoms with Gasteiger partial charge < -0.3 is 10.1 Å². The van der Waals surface area contributed by atoms with Gasteiger partial charge in [0.15, 0.2) is 0 Å². The van der Waals surface area contributed by atoms with E-state index in [-0.39, 0.29) is 5.82 Å². The lowest BCUT2D eigenvalue weighted by molar-refractivity contribution is 0.415. The van der Waals surface area contributed by atoms with E-state index < -0.39 is 0 Å². The fraction of sp³-hybridized carbons (Fsp3) is 0.143. The summed E-state index contributed by atoms with van der Waals surface area (Å²) in [6.07, 6.45) is 0. The molecule has 0 saturated heterocycles. The van der Waals surface area contributed by atoms with Gasteiger partial charge in [0.2, 0.25) is 0 Å². The van der Waals surface area contributed by atoms with Gasteiger partial charge in [-0.2, -0.15) is 0 Å². The van der Waals surface area contributed by atoms with Gasteiger partial charge in [-0.3, -0.25) is 0 Å². The average Bonchev–Trinajstić information content (AvgIpc) is 2.40. The molecule has 0 aromatic heterocycles. The molecule has 2 aromatic rings. The molecule has 0 unspecified atom stereocenters. The van der Waals surface area contributed by atoms with Gasteiger partial charge in [0, 0.05) is 17.1 Å². The molecule has 1 N–H and O–H groups in total. The molecule has 2 nitrogen and oxygen atoms in total. The van der Waals surface area contributed by atoms with Gasteiger partial charge in [-0.1, -0.05) is 12.1 Å². The number of rotatable bonds is 4. The molecule has 0 fully saturated rings. The van der Waals surface area contributed by atoms with Gasteiger partial charge in [-0.15, -0.1) is 0 Å². The van der Waals surface area contributed by atoms with Crippen molar-refractivity contribution in [3.63, 3.8) is 0 Å². The molecule has 0 aliphatic rings. The van der Waals surface area contributed by atoms with Crippen LogP contribution in [-0.4, -0.2) is 7.11 Å². The number of nitrogens with one attached hydrogen (secondary N) is 1. The van der Waals surface area contributed by atoms with Crippen LogP contribution in [0.2, 0.25) is 0 Å². The van der Waals surface area contributed by atoms with Gasteiger partial charge in [-0.25, -0.2) is 4.39 Å². The third-order valence-corrected chi connectivity index (χ3v) is 3.26. The van der Waals surface area contributed by atoms with E-state index in [1.54, 1.807) is 19.2 Å². The van der Waals surface area contributed by atoms with E-state index in [1.807, 2.05) is 18.2 Å². The molecule has 0 aliphatic heterocycles. The Balaban J connectivity index is 2.07. The summed E-state index contributed by atoms with van der Waals surface area (Å²) in [6, 6.07) is 12.1. The Morgan fingerprint density at radius 1 is 1.17 bits per heavy atom. The summed E-state index contributed by atoms with van der Waals surface area (Å²) in [4.78, 5) is 0. The number of anilines is 1. The van der Waals surface area contributed by atoms with Gasteiger partial charge in [0.05, 0.1) is 12.8 Å². The van der Waals surface area contributed by atoms with Crippen LogP contribution in [0.15, 0.2) is 46.9 Å². The lowest BCUT2D eigenvalue weighted by Gasteiger charge is -2.10. The number of halogens is 2. The predicted molar refractivity (Wildman–Crippen MR) is 74.4 cm³/mol. The molecule has 4 heteroatoms. The van der Waals surface area contributed by atoms with Crippen molar-refractivity contribution in [2.45, 2.75) is 6.54 Å². The van der Waals surface area contributed by atoms with E-state index in [2.05, 4.69) is 21.2 Å². The van der Waals surface area contributed by atoms with Gasteiger partial charge in [0.25, 0.3) is 0 Å². The van der Waals surface area contributed by atoms with Crippen molar-refractivity contribution < 1.29 is 9.13 Å². The second-order valence-electron chi connectivity index (χ2n) is 3.83. The van der Waals surface area contributed by atoms with Crippen molar-refractivity contribution in [1.29, 1.82) is 0 Å². The summed E-state index contributed by atoms with van der Waals surface area (Å²) in [5, 5.41) is 3.27. The van der Waals surface area contributed by atoms with Crippen molar-refractivity contribution in [3.8, 4) is 5.75 Å². The molecule has 2 aromatic carbocycles. The summed E-state index contributed by atoms with van der Waals surface area (Å²) in [5.41, 5.74) is 1.96. The normalized spacial score (nSPS) is 10.2. The first-order chi connectivity index (χ1) is 8.69. The van der Waals surface area contributed by atoms with Gasteiger partial charge >= 0.3 is 0 Å². The van der Waals surface area contributed by atoms with Gasteiger partial charge in [-0.05, 0) is 45.8 Å². The summed E-state index contributed by atoms with van der Waals surface area (Å²) < 4.78 is 18.9. The minimum atomic E-state index is -0.221. The van der Waals surface area contributed by atoms with Crippen LogP contribution < -0.4 is 10.1 Å². The van der Waals surface area contributed by atoms with Crippen LogP contribution in [-0.2, 0) is 6.54 Å². The van der Waals surface area contributed by atoms with Gasteiger partial charge in [0.1, 0.15) is 11.6 Å². The molecule has 0 radical (unpaired) electrons. The molecule has 0 aliphatic carbocycles. The third kappa shape index (κ3) is 3.23. The monoisotopic (exact) mass is 309 g/mol. The lowest BCUT2D eigenvalue weighted by atomic mass is 10.2. The molecule has 0 heterocycles. The van der Waals surface area contributed by atoms with E-state index in [4.69, 9.17) is 4.74 Å². The fourth-order valence-electron chi connectivity index (χ4n) is 1.57. The van der Waals surface area contributed by atoms with Crippen LogP contribution >= 0.6 is 15.9 Å². The summed E-state index contributed by atoms with van der Waals surface area (Å²) >= 11 is 3.47. The zero-order valence-electron chi connectivity index (χ0n) is 9.91. The third-order valence-electron chi connectivity index (χ3n) is 2.57. The van der Waals surface area contributed by atoms with Crippen LogP contribution in [0.4, 0.5) is 10.1 Å². The van der Waals surface area contributed by atoms with E-state index in [1.165, 1.54) is 12.1 Å². The molecule has 94 valence electrons. The number of hydrogen-bond donors (Lipinski definition) is 1. The van der Waals surface area contributed by atoms with Crippen molar-refractivity contribution in [2.75, 3.05) is 12.4 Å². The molecule has 0 amide bonds.